The first kappa shape index (κ1) is 5.70. The van der Waals surface area contributed by atoms with Crippen molar-refractivity contribution in [2.75, 3.05) is 0 Å². The normalized spacial score (nSPS) is 10.1. The van der Waals surface area contributed by atoms with E-state index in [0.29, 0.717) is 0 Å². The zero-order valence-corrected chi connectivity index (χ0v) is 3.70. The van der Waals surface area contributed by atoms with E-state index in [1.165, 1.54) is 12.4 Å². The van der Waals surface area contributed by atoms with E-state index in [1.54, 1.807) is 6.07 Å². The van der Waals surface area contributed by atoms with Gasteiger partial charge in [0, 0.05) is 12.4 Å². The van der Waals surface area contributed by atoms with Gasteiger partial charge in [-0.3, -0.25) is 4.99 Å². The summed E-state index contributed by atoms with van der Waals surface area (Å²) < 4.78 is 0. The Hall–Kier alpha value is -1.30. The molecule has 0 heterocycles. The molecule has 3 heteroatoms. The molecule has 0 aromatic carbocycles. The second kappa shape index (κ2) is 4.70. The molecule has 2 N–H and O–H groups in total. The molecule has 0 saturated heterocycles. The van der Waals surface area contributed by atoms with Crippen LogP contribution in [0.15, 0.2) is 17.4 Å². The Labute approximate surface area is 41.8 Å². The maximum atomic E-state index is 7.82. The van der Waals surface area contributed by atoms with Gasteiger partial charge >= 0.3 is 0 Å². The van der Waals surface area contributed by atoms with Crippen LogP contribution >= 0.6 is 0 Å². The third-order valence-electron chi connectivity index (χ3n) is 0.304. The molecule has 0 aliphatic carbocycles. The topological polar surface area (TPSA) is 62.2 Å². The van der Waals surface area contributed by atoms with Crippen molar-refractivity contribution < 1.29 is 0 Å². The summed E-state index contributed by atoms with van der Waals surface area (Å²) in [5.41, 5.74) is 4.87. The van der Waals surface area contributed by atoms with E-state index in [4.69, 9.17) is 11.0 Å². The van der Waals surface area contributed by atoms with Gasteiger partial charge in [-0.2, -0.15) is 5.26 Å². The van der Waals surface area contributed by atoms with Gasteiger partial charge in [0.2, 0.25) is 0 Å². The van der Waals surface area contributed by atoms with E-state index in [1.807, 2.05) is 0 Å². The maximum absolute atomic E-state index is 7.82. The molecule has 0 spiro atoms. The average molecular weight is 95.1 g/mol. The van der Waals surface area contributed by atoms with E-state index in [0.717, 1.165) is 6.21 Å². The van der Waals surface area contributed by atoms with Crippen molar-refractivity contribution in [2.45, 2.75) is 0 Å². The van der Waals surface area contributed by atoms with Crippen LogP contribution in [-0.4, -0.2) is 6.21 Å². The molecule has 3 nitrogen and oxygen atoms in total. The predicted octanol–water partition coefficient (Wildman–Crippen LogP) is 0.0107. The molecule has 0 rings (SSSR count). The zero-order chi connectivity index (χ0) is 5.54. The number of nitrogens with two attached hydrogens (primary N) is 1. The molecule has 0 aromatic heterocycles. The molecule has 0 saturated carbocycles. The van der Waals surface area contributed by atoms with E-state index in [9.17, 15) is 0 Å². The summed E-state index contributed by atoms with van der Waals surface area (Å²) in [4.78, 5) is 3.42. The van der Waals surface area contributed by atoms with Crippen molar-refractivity contribution in [3.8, 4) is 6.07 Å². The summed E-state index contributed by atoms with van der Waals surface area (Å²) in [5, 5.41) is 7.82. The molecule has 0 bridgehead atoms. The van der Waals surface area contributed by atoms with Crippen molar-refractivity contribution in [3.05, 3.63) is 12.4 Å². The van der Waals surface area contributed by atoms with Crippen molar-refractivity contribution >= 4 is 6.21 Å². The zero-order valence-electron chi connectivity index (χ0n) is 3.70. The van der Waals surface area contributed by atoms with Gasteiger partial charge in [-0.05, 0) is 0 Å². The second-order valence-electron chi connectivity index (χ2n) is 0.749. The third-order valence-corrected chi connectivity index (χ3v) is 0.304. The minimum Gasteiger partial charge on any atom is -0.403 e. The fourth-order valence-electron chi connectivity index (χ4n) is 0.126. The van der Waals surface area contributed by atoms with Gasteiger partial charge in [0.25, 0.3) is 0 Å². The lowest BCUT2D eigenvalue weighted by Crippen LogP contribution is -1.72. The molecule has 0 fully saturated rings. The van der Waals surface area contributed by atoms with E-state index >= 15 is 0 Å². The van der Waals surface area contributed by atoms with Crippen molar-refractivity contribution in [1.29, 1.82) is 5.26 Å². The van der Waals surface area contributed by atoms with Gasteiger partial charge in [0.1, 0.15) is 12.3 Å². The summed E-state index contributed by atoms with van der Waals surface area (Å²) in [7, 11) is 0. The minimum absolute atomic E-state index is 1.10. The molecule has 0 radical (unpaired) electrons. The van der Waals surface area contributed by atoms with Crippen LogP contribution in [0, 0.1) is 11.3 Å². The summed E-state index contributed by atoms with van der Waals surface area (Å²) >= 11 is 0. The largest absolute Gasteiger partial charge is 0.403 e. The highest BCUT2D eigenvalue weighted by atomic mass is 14.7. The Morgan fingerprint density at radius 3 is 2.86 bits per heavy atom. The van der Waals surface area contributed by atoms with Crippen LogP contribution in [-0.2, 0) is 0 Å². The lowest BCUT2D eigenvalue weighted by atomic mass is 10.8. The van der Waals surface area contributed by atoms with Crippen LogP contribution in [0.2, 0.25) is 0 Å². The first-order chi connectivity index (χ1) is 3.41. The maximum Gasteiger partial charge on any atom is 0.111 e. The smallest absolute Gasteiger partial charge is 0.111 e. The van der Waals surface area contributed by atoms with Gasteiger partial charge in [-0.15, -0.1) is 0 Å². The highest BCUT2D eigenvalue weighted by Crippen LogP contribution is 1.62. The molecule has 36 valence electrons. The summed E-state index contributed by atoms with van der Waals surface area (Å²) in [6, 6.07) is 1.70. The van der Waals surface area contributed by atoms with Crippen molar-refractivity contribution in [2.24, 2.45) is 10.7 Å². The van der Waals surface area contributed by atoms with Crippen LogP contribution in [0.4, 0.5) is 0 Å². The number of hydrogen-bond acceptors (Lipinski definition) is 3. The summed E-state index contributed by atoms with van der Waals surface area (Å²) in [5.74, 6) is 0. The Balaban J connectivity index is 3.33. The molecular weight excluding hydrogens is 90.1 g/mol. The SMILES string of the molecule is N#CC=N/C=C/N. The summed E-state index contributed by atoms with van der Waals surface area (Å²) in [6.07, 6.45) is 3.69. The van der Waals surface area contributed by atoms with Crippen LogP contribution in [0.3, 0.4) is 0 Å². The standard InChI is InChI=1S/C4H5N3/c5-1-3-7-4-2-6/h1,3-4H,5H2/b3-1+,7-4?. The molecule has 0 unspecified atom stereocenters. The van der Waals surface area contributed by atoms with Gasteiger partial charge in [0.05, 0.1) is 0 Å². The number of rotatable bonds is 1. The molecular formula is C4H5N3. The van der Waals surface area contributed by atoms with Crippen molar-refractivity contribution in [1.82, 2.24) is 0 Å². The quantitative estimate of drug-likeness (QED) is 0.466. The van der Waals surface area contributed by atoms with Crippen LogP contribution in [0.25, 0.3) is 0 Å². The Bertz CT molecular complexity index is 117. The van der Waals surface area contributed by atoms with Gasteiger partial charge in [-0.25, -0.2) is 0 Å². The van der Waals surface area contributed by atoms with Crippen molar-refractivity contribution in [3.63, 3.8) is 0 Å². The fourth-order valence-corrected chi connectivity index (χ4v) is 0.126. The monoisotopic (exact) mass is 95.0 g/mol. The summed E-state index contributed by atoms with van der Waals surface area (Å²) in [6.45, 7) is 0. The van der Waals surface area contributed by atoms with Crippen LogP contribution in [0.5, 0.6) is 0 Å². The van der Waals surface area contributed by atoms with Gasteiger partial charge in [-0.1, -0.05) is 0 Å². The molecule has 0 amide bonds. The van der Waals surface area contributed by atoms with Gasteiger partial charge in [0.15, 0.2) is 0 Å². The average Bonchev–Trinajstić information content (AvgIpc) is 1.69. The first-order valence-corrected chi connectivity index (χ1v) is 1.70. The Morgan fingerprint density at radius 1 is 1.71 bits per heavy atom. The Morgan fingerprint density at radius 2 is 2.43 bits per heavy atom. The first-order valence-electron chi connectivity index (χ1n) is 1.70. The van der Waals surface area contributed by atoms with Crippen LogP contribution in [0.1, 0.15) is 0 Å². The van der Waals surface area contributed by atoms with E-state index in [2.05, 4.69) is 4.99 Å². The van der Waals surface area contributed by atoms with E-state index < -0.39 is 0 Å². The third kappa shape index (κ3) is 4.70. The minimum atomic E-state index is 1.10. The molecule has 0 aliphatic heterocycles. The predicted molar refractivity (Wildman–Crippen MR) is 27.4 cm³/mol. The molecule has 0 aromatic rings. The lowest BCUT2D eigenvalue weighted by molar-refractivity contribution is 1.49. The van der Waals surface area contributed by atoms with Gasteiger partial charge < -0.3 is 5.73 Å². The number of hydrogen-bond donors (Lipinski definition) is 1. The highest BCUT2D eigenvalue weighted by molar-refractivity contribution is 5.75. The number of nitrogens with zero attached hydrogens (tertiary/aromatic N) is 2. The lowest BCUT2D eigenvalue weighted by Gasteiger charge is -1.64. The highest BCUT2D eigenvalue weighted by Gasteiger charge is 1.54. The molecule has 7 heavy (non-hydrogen) atoms. The van der Waals surface area contributed by atoms with E-state index in [-0.39, 0.29) is 0 Å². The Kier molecular flexibility index (Phi) is 3.83. The van der Waals surface area contributed by atoms with Crippen LogP contribution < -0.4 is 5.73 Å². The number of nitriles is 1. The molecule has 0 atom stereocenters. The number of aliphatic imine (C=N–C) groups is 1. The fraction of sp³-hybridized carbons (Fsp3) is 0. The molecule has 0 aliphatic rings. The second-order valence-corrected chi connectivity index (χ2v) is 0.749.